The number of carbonyl (C=O) groups excluding carboxylic acids is 1. The Bertz CT molecular complexity index is 583. The Morgan fingerprint density at radius 2 is 1.68 bits per heavy atom. The summed E-state index contributed by atoms with van der Waals surface area (Å²) < 4.78 is 4.62. The molecule has 0 unspecified atom stereocenters. The second-order valence-corrected chi connectivity index (χ2v) is 3.95. The van der Waals surface area contributed by atoms with Crippen molar-refractivity contribution in [1.82, 2.24) is 0 Å². The molecule has 0 aliphatic heterocycles. The number of rotatable bonds is 6. The fraction of sp³-hybridized carbons (Fsp3) is 0.222. The van der Waals surface area contributed by atoms with Gasteiger partial charge in [-0.2, -0.15) is 0 Å². The van der Waals surface area contributed by atoms with E-state index in [-0.39, 0.29) is 12.0 Å². The van der Waals surface area contributed by atoms with Gasteiger partial charge in [-0.1, -0.05) is 57.4 Å². The Morgan fingerprint density at radius 1 is 1.14 bits per heavy atom. The van der Waals surface area contributed by atoms with Crippen LogP contribution in [0, 0.1) is 0 Å². The van der Waals surface area contributed by atoms with E-state index in [1.54, 1.807) is 18.2 Å². The summed E-state index contributed by atoms with van der Waals surface area (Å²) in [7, 11) is 1.29. The minimum atomic E-state index is -1.04. The van der Waals surface area contributed by atoms with E-state index in [0.717, 1.165) is 0 Å². The van der Waals surface area contributed by atoms with E-state index in [2.05, 4.69) is 17.9 Å². The molecule has 0 saturated carbocycles. The third-order valence-electron chi connectivity index (χ3n) is 2.81. The minimum absolute atomic E-state index is 0.00923. The van der Waals surface area contributed by atoms with Crippen molar-refractivity contribution in [2.75, 3.05) is 7.11 Å². The number of benzene rings is 1. The Balaban J connectivity index is 0.00000211. The number of aromatic carboxylic acids is 1. The van der Waals surface area contributed by atoms with E-state index in [1.807, 2.05) is 13.8 Å². The minimum Gasteiger partial charge on any atom is -0.478 e. The fourth-order valence-electron chi connectivity index (χ4n) is 1.82. The maximum absolute atomic E-state index is 11.4. The third kappa shape index (κ3) is 5.05. The van der Waals surface area contributed by atoms with Gasteiger partial charge >= 0.3 is 11.9 Å². The van der Waals surface area contributed by atoms with E-state index in [9.17, 15) is 14.7 Å². The third-order valence-corrected chi connectivity index (χ3v) is 2.81. The van der Waals surface area contributed by atoms with Crippen molar-refractivity contribution in [3.05, 3.63) is 66.3 Å². The molecule has 0 radical (unpaired) electrons. The SMILES string of the molecule is C=C/C(CC(=O)OC)=C(\C=C)c1ccccc1C(=O)O.CC. The molecule has 0 bridgehead atoms. The number of carboxylic acid groups (broad SMARTS) is 1. The van der Waals surface area contributed by atoms with Crippen molar-refractivity contribution in [3.63, 3.8) is 0 Å². The highest BCUT2D eigenvalue weighted by Gasteiger charge is 2.15. The highest BCUT2D eigenvalue weighted by molar-refractivity contribution is 5.97. The first kappa shape index (κ1) is 19.4. The summed E-state index contributed by atoms with van der Waals surface area (Å²) in [6, 6.07) is 6.53. The van der Waals surface area contributed by atoms with Crippen LogP contribution < -0.4 is 0 Å². The van der Waals surface area contributed by atoms with Crippen LogP contribution in [0.2, 0.25) is 0 Å². The molecule has 0 spiro atoms. The van der Waals surface area contributed by atoms with E-state index >= 15 is 0 Å². The van der Waals surface area contributed by atoms with E-state index in [1.165, 1.54) is 25.3 Å². The Hall–Kier alpha value is -2.62. The van der Waals surface area contributed by atoms with Gasteiger partial charge in [-0.05, 0) is 22.8 Å². The summed E-state index contributed by atoms with van der Waals surface area (Å²) in [5.41, 5.74) is 1.77. The van der Waals surface area contributed by atoms with E-state index < -0.39 is 11.9 Å². The first-order chi connectivity index (χ1) is 10.5. The van der Waals surface area contributed by atoms with Crippen molar-refractivity contribution >= 4 is 17.5 Å². The molecule has 4 heteroatoms. The lowest BCUT2D eigenvalue weighted by molar-refractivity contribution is -0.139. The quantitative estimate of drug-likeness (QED) is 0.634. The van der Waals surface area contributed by atoms with Gasteiger partial charge in [-0.15, -0.1) is 0 Å². The highest BCUT2D eigenvalue weighted by Crippen LogP contribution is 2.26. The lowest BCUT2D eigenvalue weighted by atomic mass is 9.94. The molecule has 0 amide bonds. The number of ether oxygens (including phenoxy) is 1. The number of methoxy groups -OCH3 is 1. The van der Waals surface area contributed by atoms with Crippen LogP contribution in [-0.4, -0.2) is 24.2 Å². The van der Waals surface area contributed by atoms with Crippen LogP contribution in [0.25, 0.3) is 5.57 Å². The maximum atomic E-state index is 11.4. The first-order valence-electron chi connectivity index (χ1n) is 6.92. The molecule has 0 aliphatic rings. The van der Waals surface area contributed by atoms with Crippen LogP contribution in [0.3, 0.4) is 0 Å². The summed E-state index contributed by atoms with van der Waals surface area (Å²) in [6.45, 7) is 11.3. The van der Waals surface area contributed by atoms with E-state index in [4.69, 9.17) is 0 Å². The topological polar surface area (TPSA) is 63.6 Å². The van der Waals surface area contributed by atoms with Crippen LogP contribution in [0.1, 0.15) is 36.2 Å². The number of hydrogen-bond donors (Lipinski definition) is 1. The number of esters is 1. The molecule has 0 aromatic heterocycles. The molecule has 118 valence electrons. The summed E-state index contributed by atoms with van der Waals surface area (Å²) in [5, 5.41) is 9.22. The van der Waals surface area contributed by atoms with Crippen molar-refractivity contribution in [3.8, 4) is 0 Å². The average Bonchev–Trinajstić information content (AvgIpc) is 2.56. The molecule has 0 atom stereocenters. The zero-order valence-electron chi connectivity index (χ0n) is 13.3. The standard InChI is InChI=1S/C16H16O4.C2H6/c1-4-11(10-15(17)20-3)12(5-2)13-8-6-7-9-14(13)16(18)19;1-2/h4-9H,1-2,10H2,3H3,(H,18,19);1-2H3/b12-11-;. The van der Waals surface area contributed by atoms with Crippen molar-refractivity contribution in [2.45, 2.75) is 20.3 Å². The molecule has 1 aromatic rings. The largest absolute Gasteiger partial charge is 0.478 e. The van der Waals surface area contributed by atoms with Gasteiger partial charge < -0.3 is 9.84 Å². The first-order valence-corrected chi connectivity index (χ1v) is 6.92. The van der Waals surface area contributed by atoms with Crippen LogP contribution in [0.15, 0.2) is 55.1 Å². The Morgan fingerprint density at radius 3 is 2.09 bits per heavy atom. The summed E-state index contributed by atoms with van der Waals surface area (Å²) in [6.07, 6.45) is 3.03. The molecule has 1 aromatic carbocycles. The van der Waals surface area contributed by atoms with Crippen LogP contribution in [0.5, 0.6) is 0 Å². The van der Waals surface area contributed by atoms with Gasteiger partial charge in [0.15, 0.2) is 0 Å². The summed E-state index contributed by atoms with van der Waals surface area (Å²) in [4.78, 5) is 22.7. The zero-order valence-corrected chi connectivity index (χ0v) is 13.3. The lowest BCUT2D eigenvalue weighted by Gasteiger charge is -2.11. The van der Waals surface area contributed by atoms with Crippen molar-refractivity contribution < 1.29 is 19.4 Å². The van der Waals surface area contributed by atoms with Crippen LogP contribution >= 0.6 is 0 Å². The molecular weight excluding hydrogens is 280 g/mol. The molecule has 22 heavy (non-hydrogen) atoms. The molecule has 0 aliphatic carbocycles. The Kier molecular flexibility index (Phi) is 8.95. The van der Waals surface area contributed by atoms with Crippen molar-refractivity contribution in [1.29, 1.82) is 0 Å². The maximum Gasteiger partial charge on any atom is 0.336 e. The molecule has 1 rings (SSSR count). The number of allylic oxidation sites excluding steroid dienone is 3. The molecule has 4 nitrogen and oxygen atoms in total. The summed E-state index contributed by atoms with van der Waals surface area (Å²) >= 11 is 0. The van der Waals surface area contributed by atoms with Crippen LogP contribution in [-0.2, 0) is 9.53 Å². The van der Waals surface area contributed by atoms with Gasteiger partial charge in [-0.25, -0.2) is 4.79 Å². The second kappa shape index (κ2) is 10.2. The molecule has 1 N–H and O–H groups in total. The molecular formula is C18H22O4. The predicted octanol–water partition coefficient (Wildman–Crippen LogP) is 4.10. The average molecular weight is 302 g/mol. The molecule has 0 fully saturated rings. The zero-order chi connectivity index (χ0) is 17.1. The van der Waals surface area contributed by atoms with Crippen LogP contribution in [0.4, 0.5) is 0 Å². The molecule has 0 saturated heterocycles. The number of carboxylic acids is 1. The Labute approximate surface area is 131 Å². The fourth-order valence-corrected chi connectivity index (χ4v) is 1.82. The van der Waals surface area contributed by atoms with Gasteiger partial charge in [0.05, 0.1) is 19.1 Å². The van der Waals surface area contributed by atoms with Gasteiger partial charge in [-0.3, -0.25) is 4.79 Å². The number of hydrogen-bond acceptors (Lipinski definition) is 3. The smallest absolute Gasteiger partial charge is 0.336 e. The summed E-state index contributed by atoms with van der Waals surface area (Å²) in [5.74, 6) is -1.46. The monoisotopic (exact) mass is 302 g/mol. The van der Waals surface area contributed by atoms with Gasteiger partial charge in [0, 0.05) is 0 Å². The van der Waals surface area contributed by atoms with Gasteiger partial charge in [0.2, 0.25) is 0 Å². The lowest BCUT2D eigenvalue weighted by Crippen LogP contribution is -2.05. The van der Waals surface area contributed by atoms with E-state index in [0.29, 0.717) is 16.7 Å². The highest BCUT2D eigenvalue weighted by atomic mass is 16.5. The van der Waals surface area contributed by atoms with Crippen molar-refractivity contribution in [2.24, 2.45) is 0 Å². The van der Waals surface area contributed by atoms with Gasteiger partial charge in [0.1, 0.15) is 0 Å². The number of carbonyl (C=O) groups is 2. The predicted molar refractivity (Wildman–Crippen MR) is 88.7 cm³/mol. The normalized spacial score (nSPS) is 10.5. The second-order valence-electron chi connectivity index (χ2n) is 3.95. The van der Waals surface area contributed by atoms with Gasteiger partial charge in [0.25, 0.3) is 0 Å². The molecule has 0 heterocycles.